The standard InChI is InChI=1S/C40H48N8O19S/c1-27(65-39(50)62-22-8-9-23-63-46(51)52)45(68(57,58)30-18-16-28(17-19-30)40(2,3)4)37-34(66-32-14-7-6-13-31(32)59-5)38(44-36(43-37)35-41-20-11-21-42-35)61-25-24-60-33(49)15-10-12-29(67-48(55)56)26-64-47(53)54/h6-7,11,13-14,16-21,27,29H,8-10,12,15,22-26H2,1-5H3. The van der Waals surface area contributed by atoms with E-state index in [1.807, 2.05) is 20.8 Å². The van der Waals surface area contributed by atoms with Gasteiger partial charge in [0.2, 0.25) is 11.6 Å². The van der Waals surface area contributed by atoms with E-state index >= 15 is 8.42 Å². The number of rotatable bonds is 28. The highest BCUT2D eigenvalue weighted by atomic mass is 32.2. The molecule has 2 heterocycles. The van der Waals surface area contributed by atoms with Crippen molar-refractivity contribution in [2.75, 3.05) is 44.4 Å². The van der Waals surface area contributed by atoms with Crippen LogP contribution in [0.25, 0.3) is 11.6 Å². The number of ether oxygens (including phenoxy) is 6. The smallest absolute Gasteiger partial charge is 0.493 e. The van der Waals surface area contributed by atoms with Crippen LogP contribution in [-0.4, -0.2) is 108 Å². The summed E-state index contributed by atoms with van der Waals surface area (Å²) in [6, 6.07) is 13.7. The summed E-state index contributed by atoms with van der Waals surface area (Å²) in [5.41, 5.74) is 0.412. The molecule has 2 aromatic carbocycles. The molecule has 2 atom stereocenters. The summed E-state index contributed by atoms with van der Waals surface area (Å²) in [5, 5.41) is 28.6. The molecule has 27 nitrogen and oxygen atoms in total. The summed E-state index contributed by atoms with van der Waals surface area (Å²) in [4.78, 5) is 87.7. The van der Waals surface area contributed by atoms with E-state index in [1.165, 1.54) is 50.7 Å². The fraction of sp³-hybridized carbons (Fsp3) is 0.450. The number of methoxy groups -OCH3 is 1. The lowest BCUT2D eigenvalue weighted by Crippen LogP contribution is -2.42. The van der Waals surface area contributed by atoms with Crippen LogP contribution in [0.4, 0.5) is 10.6 Å². The van der Waals surface area contributed by atoms with Gasteiger partial charge in [-0.25, -0.2) is 32.5 Å². The van der Waals surface area contributed by atoms with Crippen LogP contribution in [-0.2, 0) is 49.0 Å². The van der Waals surface area contributed by atoms with Gasteiger partial charge < -0.3 is 42.9 Å². The predicted molar refractivity (Wildman–Crippen MR) is 230 cm³/mol. The Balaban J connectivity index is 1.78. The van der Waals surface area contributed by atoms with E-state index in [9.17, 15) is 39.9 Å². The Bertz CT molecular complexity index is 2440. The number of sulfonamides is 1. The summed E-state index contributed by atoms with van der Waals surface area (Å²) in [6.07, 6.45) is -2.01. The molecule has 0 spiro atoms. The van der Waals surface area contributed by atoms with Crippen LogP contribution in [0, 0.1) is 30.3 Å². The van der Waals surface area contributed by atoms with Crippen molar-refractivity contribution in [2.45, 2.75) is 82.4 Å². The summed E-state index contributed by atoms with van der Waals surface area (Å²) in [5.74, 6) is -2.60. The Kier molecular flexibility index (Phi) is 19.5. The number of aromatic nitrogens is 4. The van der Waals surface area contributed by atoms with E-state index in [0.29, 0.717) is 4.31 Å². The quantitative estimate of drug-likeness (QED) is 0.0220. The number of esters is 1. The Morgan fingerprint density at radius 3 is 2.07 bits per heavy atom. The Hall–Kier alpha value is -7.91. The number of hydrogen-bond acceptors (Lipinski definition) is 23. The predicted octanol–water partition coefficient (Wildman–Crippen LogP) is 5.59. The van der Waals surface area contributed by atoms with Crippen molar-refractivity contribution in [2.24, 2.45) is 0 Å². The van der Waals surface area contributed by atoms with Gasteiger partial charge in [0.15, 0.2) is 29.4 Å². The van der Waals surface area contributed by atoms with Crippen molar-refractivity contribution >= 4 is 28.0 Å². The second-order valence-corrected chi connectivity index (χ2v) is 16.7. The van der Waals surface area contributed by atoms with Gasteiger partial charge in [0.05, 0.1) is 25.2 Å². The Morgan fingerprint density at radius 2 is 1.44 bits per heavy atom. The van der Waals surface area contributed by atoms with Gasteiger partial charge in [-0.2, -0.15) is 4.98 Å². The van der Waals surface area contributed by atoms with Gasteiger partial charge in [-0.1, -0.05) is 45.0 Å². The van der Waals surface area contributed by atoms with E-state index in [1.54, 1.807) is 30.3 Å². The molecule has 0 fully saturated rings. The second-order valence-electron chi connectivity index (χ2n) is 14.9. The Morgan fingerprint density at radius 1 is 0.779 bits per heavy atom. The van der Waals surface area contributed by atoms with Crippen LogP contribution >= 0.6 is 0 Å². The maximum Gasteiger partial charge on any atom is 0.510 e. The first-order valence-corrected chi connectivity index (χ1v) is 21.9. The SMILES string of the molecule is COc1ccccc1Oc1c(OCCOC(=O)CCCC(CO[N+](=O)[O-])O[N+](=O)[O-])nc(-c2ncccn2)nc1N(C(C)OC(=O)OCCCCO[N+](=O)[O-])S(=O)(=O)c1ccc(C(C)(C)C)cc1. The maximum absolute atomic E-state index is 15.1. The zero-order valence-electron chi connectivity index (χ0n) is 37.3. The number of unbranched alkanes of at least 4 members (excludes halogenated alkanes) is 1. The van der Waals surface area contributed by atoms with E-state index in [-0.39, 0.29) is 78.8 Å². The fourth-order valence-corrected chi connectivity index (χ4v) is 7.29. The molecule has 4 aromatic rings. The number of carbonyl (C=O) groups excluding carboxylic acids is 2. The Labute approximate surface area is 387 Å². The van der Waals surface area contributed by atoms with E-state index in [2.05, 4.69) is 34.4 Å². The minimum atomic E-state index is -4.85. The molecular formula is C40H48N8O19S. The number of carbonyl (C=O) groups is 2. The highest BCUT2D eigenvalue weighted by molar-refractivity contribution is 7.92. The number of nitrogens with zero attached hydrogens (tertiary/aromatic N) is 8. The third-order valence-electron chi connectivity index (χ3n) is 8.99. The van der Waals surface area contributed by atoms with Gasteiger partial charge in [-0.3, -0.25) is 4.79 Å². The number of benzene rings is 2. The first kappa shape index (κ1) is 52.7. The monoisotopic (exact) mass is 976 g/mol. The molecule has 0 radical (unpaired) electrons. The molecule has 0 aliphatic heterocycles. The molecule has 0 bridgehead atoms. The lowest BCUT2D eigenvalue weighted by atomic mass is 9.87. The summed E-state index contributed by atoms with van der Waals surface area (Å²) in [6.45, 7) is 4.80. The van der Waals surface area contributed by atoms with Crippen molar-refractivity contribution in [3.05, 3.63) is 103 Å². The molecule has 0 N–H and O–H groups in total. The van der Waals surface area contributed by atoms with Gasteiger partial charge >= 0.3 is 12.1 Å². The third-order valence-corrected chi connectivity index (χ3v) is 10.9. The highest BCUT2D eigenvalue weighted by Gasteiger charge is 2.39. The van der Waals surface area contributed by atoms with E-state index in [4.69, 9.17) is 28.4 Å². The zero-order valence-corrected chi connectivity index (χ0v) is 38.1. The lowest BCUT2D eigenvalue weighted by Gasteiger charge is -2.30. The third kappa shape index (κ3) is 16.2. The lowest BCUT2D eigenvalue weighted by molar-refractivity contribution is -0.790. The average molecular weight is 977 g/mol. The molecule has 0 saturated carbocycles. The molecule has 4 rings (SSSR count). The number of anilines is 1. The van der Waals surface area contributed by atoms with Gasteiger partial charge in [-0.05, 0) is 73.9 Å². The van der Waals surface area contributed by atoms with Gasteiger partial charge in [-0.15, -0.1) is 30.3 Å². The highest BCUT2D eigenvalue weighted by Crippen LogP contribution is 2.44. The van der Waals surface area contributed by atoms with Crippen LogP contribution in [0.2, 0.25) is 0 Å². The molecule has 0 saturated heterocycles. The molecule has 2 aromatic heterocycles. The average Bonchev–Trinajstić information content (AvgIpc) is 3.28. The van der Waals surface area contributed by atoms with Crippen molar-refractivity contribution < 1.29 is 76.2 Å². The van der Waals surface area contributed by atoms with Crippen LogP contribution in [0.1, 0.15) is 65.4 Å². The number of para-hydroxylation sites is 2. The van der Waals surface area contributed by atoms with Crippen LogP contribution in [0.3, 0.4) is 0 Å². The van der Waals surface area contributed by atoms with Crippen molar-refractivity contribution in [3.63, 3.8) is 0 Å². The van der Waals surface area contributed by atoms with E-state index in [0.717, 1.165) is 5.56 Å². The fourth-order valence-electron chi connectivity index (χ4n) is 5.80. The molecule has 68 heavy (non-hydrogen) atoms. The van der Waals surface area contributed by atoms with Crippen molar-refractivity contribution in [1.82, 2.24) is 19.9 Å². The summed E-state index contributed by atoms with van der Waals surface area (Å²) in [7, 11) is -3.50. The maximum atomic E-state index is 15.1. The largest absolute Gasteiger partial charge is 0.510 e. The minimum Gasteiger partial charge on any atom is -0.493 e. The minimum absolute atomic E-state index is 0.00346. The molecule has 28 heteroatoms. The van der Waals surface area contributed by atoms with Crippen LogP contribution < -0.4 is 18.5 Å². The molecule has 0 aliphatic carbocycles. The zero-order chi connectivity index (χ0) is 49.9. The number of hydrogen-bond donors (Lipinski definition) is 0. The molecule has 368 valence electrons. The first-order valence-electron chi connectivity index (χ1n) is 20.4. The first-order chi connectivity index (χ1) is 32.3. The van der Waals surface area contributed by atoms with Gasteiger partial charge in [0.1, 0.15) is 25.9 Å². The summed E-state index contributed by atoms with van der Waals surface area (Å²) < 4.78 is 64.6. The van der Waals surface area contributed by atoms with E-state index < -0.39 is 87.0 Å². The normalized spacial score (nSPS) is 12.1. The molecule has 0 aliphatic rings. The topological polar surface area (TPSA) is 336 Å². The molecular weight excluding hydrogens is 929 g/mol. The summed E-state index contributed by atoms with van der Waals surface area (Å²) >= 11 is 0. The molecule has 0 amide bonds. The van der Waals surface area contributed by atoms with Gasteiger partial charge in [0, 0.05) is 18.8 Å². The second kappa shape index (κ2) is 25.1. The van der Waals surface area contributed by atoms with Crippen molar-refractivity contribution in [3.8, 4) is 34.8 Å². The van der Waals surface area contributed by atoms with Crippen LogP contribution in [0.5, 0.6) is 23.1 Å². The van der Waals surface area contributed by atoms with Crippen molar-refractivity contribution in [1.29, 1.82) is 0 Å². The molecule has 2 unspecified atom stereocenters. The van der Waals surface area contributed by atoms with Gasteiger partial charge in [0.25, 0.3) is 31.2 Å². The van der Waals surface area contributed by atoms with Crippen LogP contribution in [0.15, 0.2) is 71.9 Å².